The van der Waals surface area contributed by atoms with E-state index in [0.29, 0.717) is 4.88 Å². The van der Waals surface area contributed by atoms with Crippen molar-refractivity contribution in [1.29, 1.82) is 0 Å². The average Bonchev–Trinajstić information content (AvgIpc) is 2.78. The van der Waals surface area contributed by atoms with Crippen LogP contribution in [0.5, 0.6) is 0 Å². The minimum absolute atomic E-state index is 0.272. The molecule has 88 valence electrons. The van der Waals surface area contributed by atoms with Crippen molar-refractivity contribution in [2.24, 2.45) is 0 Å². The summed E-state index contributed by atoms with van der Waals surface area (Å²) in [7, 11) is 0. The van der Waals surface area contributed by atoms with E-state index in [2.05, 4.69) is 0 Å². The van der Waals surface area contributed by atoms with E-state index in [9.17, 15) is 9.18 Å². The first kappa shape index (κ1) is 11.1. The zero-order valence-corrected chi connectivity index (χ0v) is 10.2. The second kappa shape index (κ2) is 4.35. The van der Waals surface area contributed by atoms with Crippen LogP contribution in [-0.4, -0.2) is 6.29 Å². The predicted octanol–water partition coefficient (Wildman–Crippen LogP) is 4.52. The van der Waals surface area contributed by atoms with Crippen LogP contribution in [0.1, 0.15) is 9.67 Å². The van der Waals surface area contributed by atoms with Crippen molar-refractivity contribution in [2.75, 3.05) is 0 Å². The van der Waals surface area contributed by atoms with Crippen LogP contribution in [0.2, 0.25) is 0 Å². The van der Waals surface area contributed by atoms with E-state index in [1.165, 1.54) is 23.5 Å². The fourth-order valence-electron chi connectivity index (χ4n) is 2.06. The zero-order valence-electron chi connectivity index (χ0n) is 9.39. The van der Waals surface area contributed by atoms with Gasteiger partial charge in [-0.3, -0.25) is 4.79 Å². The molecule has 0 saturated heterocycles. The molecule has 0 unspecified atom stereocenters. The highest BCUT2D eigenvalue weighted by Crippen LogP contribution is 2.37. The summed E-state index contributed by atoms with van der Waals surface area (Å²) in [5, 5.41) is 1.04. The van der Waals surface area contributed by atoms with Crippen molar-refractivity contribution < 1.29 is 9.18 Å². The van der Waals surface area contributed by atoms with Gasteiger partial charge in [0.2, 0.25) is 0 Å². The molecule has 0 spiro atoms. The number of halogens is 1. The van der Waals surface area contributed by atoms with Crippen molar-refractivity contribution in [3.8, 4) is 11.1 Å². The summed E-state index contributed by atoms with van der Waals surface area (Å²) in [5.74, 6) is -0.272. The van der Waals surface area contributed by atoms with Crippen molar-refractivity contribution in [2.45, 2.75) is 0 Å². The van der Waals surface area contributed by atoms with Crippen LogP contribution in [0, 0.1) is 5.82 Å². The molecule has 1 nitrogen and oxygen atoms in total. The monoisotopic (exact) mass is 256 g/mol. The third-order valence-electron chi connectivity index (χ3n) is 2.86. The molecule has 3 rings (SSSR count). The predicted molar refractivity (Wildman–Crippen MR) is 72.6 cm³/mol. The third-order valence-corrected chi connectivity index (χ3v) is 3.96. The minimum Gasteiger partial charge on any atom is -0.297 e. The summed E-state index contributed by atoms with van der Waals surface area (Å²) in [6.45, 7) is 0. The number of benzene rings is 2. The Morgan fingerprint density at radius 3 is 2.44 bits per heavy atom. The fraction of sp³-hybridized carbons (Fsp3) is 0. The van der Waals surface area contributed by atoms with Crippen LogP contribution in [0.4, 0.5) is 4.39 Å². The van der Waals surface area contributed by atoms with E-state index < -0.39 is 0 Å². The summed E-state index contributed by atoms with van der Waals surface area (Å²) in [4.78, 5) is 11.9. The van der Waals surface area contributed by atoms with Crippen LogP contribution in [-0.2, 0) is 0 Å². The van der Waals surface area contributed by atoms with Gasteiger partial charge in [-0.1, -0.05) is 30.3 Å². The van der Waals surface area contributed by atoms with Crippen molar-refractivity contribution in [1.82, 2.24) is 0 Å². The molecule has 0 saturated carbocycles. The molecule has 0 N–H and O–H groups in total. The molecule has 1 aromatic heterocycles. The molecule has 0 aliphatic rings. The molecule has 0 atom stereocenters. The van der Waals surface area contributed by atoms with E-state index >= 15 is 0 Å². The lowest BCUT2D eigenvalue weighted by atomic mass is 10.0. The smallest absolute Gasteiger partial charge is 0.160 e. The standard InChI is InChI=1S/C15H9FOS/c16-11-7-5-10(6-8-11)15-12-3-1-2-4-13(12)18-14(15)9-17/h1-9H. The maximum Gasteiger partial charge on any atom is 0.160 e. The van der Waals surface area contributed by atoms with Gasteiger partial charge in [0.15, 0.2) is 6.29 Å². The average molecular weight is 256 g/mol. The van der Waals surface area contributed by atoms with Crippen molar-refractivity contribution >= 4 is 27.7 Å². The second-order valence-corrected chi connectivity index (χ2v) is 5.05. The Bertz CT molecular complexity index is 713. The second-order valence-electron chi connectivity index (χ2n) is 3.96. The molecule has 0 aliphatic carbocycles. The first-order valence-corrected chi connectivity index (χ1v) is 6.34. The maximum absolute atomic E-state index is 13.0. The van der Waals surface area contributed by atoms with Gasteiger partial charge in [0.1, 0.15) is 5.82 Å². The maximum atomic E-state index is 13.0. The topological polar surface area (TPSA) is 17.1 Å². The Kier molecular flexibility index (Phi) is 2.68. The number of fused-ring (bicyclic) bond motifs is 1. The lowest BCUT2D eigenvalue weighted by Gasteiger charge is -2.01. The normalized spacial score (nSPS) is 10.7. The summed E-state index contributed by atoms with van der Waals surface area (Å²) in [6.07, 6.45) is 0.864. The summed E-state index contributed by atoms with van der Waals surface area (Å²) in [5.41, 5.74) is 1.77. The third kappa shape index (κ3) is 1.73. The SMILES string of the molecule is O=Cc1sc2ccccc2c1-c1ccc(F)cc1. The van der Waals surface area contributed by atoms with Crippen LogP contribution in [0.3, 0.4) is 0 Å². The molecule has 0 aliphatic heterocycles. The van der Waals surface area contributed by atoms with E-state index in [1.807, 2.05) is 24.3 Å². The van der Waals surface area contributed by atoms with Crippen LogP contribution in [0.15, 0.2) is 48.5 Å². The van der Waals surface area contributed by atoms with E-state index in [1.54, 1.807) is 12.1 Å². The molecule has 0 bridgehead atoms. The first-order chi connectivity index (χ1) is 8.79. The van der Waals surface area contributed by atoms with E-state index in [-0.39, 0.29) is 5.82 Å². The fourth-order valence-corrected chi connectivity index (χ4v) is 3.10. The number of aldehydes is 1. The van der Waals surface area contributed by atoms with Gasteiger partial charge in [-0.25, -0.2) is 4.39 Å². The highest BCUT2D eigenvalue weighted by molar-refractivity contribution is 7.21. The largest absolute Gasteiger partial charge is 0.297 e. The molecule has 3 aromatic rings. The quantitative estimate of drug-likeness (QED) is 0.616. The molecule has 0 amide bonds. The molecule has 18 heavy (non-hydrogen) atoms. The van der Waals surface area contributed by atoms with Gasteiger partial charge in [0.25, 0.3) is 0 Å². The number of carbonyl (C=O) groups excluding carboxylic acids is 1. The lowest BCUT2D eigenvalue weighted by Crippen LogP contribution is -1.82. The molecule has 0 fully saturated rings. The van der Waals surface area contributed by atoms with Gasteiger partial charge in [0, 0.05) is 15.6 Å². The number of hydrogen-bond donors (Lipinski definition) is 0. The number of carbonyl (C=O) groups is 1. The van der Waals surface area contributed by atoms with Gasteiger partial charge in [0.05, 0.1) is 4.88 Å². The van der Waals surface area contributed by atoms with Gasteiger partial charge in [-0.2, -0.15) is 0 Å². The highest BCUT2D eigenvalue weighted by atomic mass is 32.1. The number of hydrogen-bond acceptors (Lipinski definition) is 2. The molecule has 2 aromatic carbocycles. The summed E-state index contributed by atoms with van der Waals surface area (Å²) in [6, 6.07) is 14.1. The van der Waals surface area contributed by atoms with E-state index in [4.69, 9.17) is 0 Å². The molecular weight excluding hydrogens is 247 g/mol. The summed E-state index contributed by atoms with van der Waals surface area (Å²) >= 11 is 1.46. The first-order valence-electron chi connectivity index (χ1n) is 5.52. The summed E-state index contributed by atoms with van der Waals surface area (Å²) < 4.78 is 14.0. The number of rotatable bonds is 2. The number of thiophene rings is 1. The van der Waals surface area contributed by atoms with Gasteiger partial charge >= 0.3 is 0 Å². The highest BCUT2D eigenvalue weighted by Gasteiger charge is 2.12. The Morgan fingerprint density at radius 1 is 1.00 bits per heavy atom. The van der Waals surface area contributed by atoms with Crippen LogP contribution in [0.25, 0.3) is 21.2 Å². The molecule has 0 radical (unpaired) electrons. The molecular formula is C15H9FOS. The van der Waals surface area contributed by atoms with Gasteiger partial charge < -0.3 is 0 Å². The zero-order chi connectivity index (χ0) is 12.5. The minimum atomic E-state index is -0.272. The van der Waals surface area contributed by atoms with Crippen LogP contribution >= 0.6 is 11.3 Å². The Labute approximate surface area is 108 Å². The van der Waals surface area contributed by atoms with Crippen molar-refractivity contribution in [3.63, 3.8) is 0 Å². The molecule has 1 heterocycles. The Balaban J connectivity index is 2.32. The molecule has 3 heteroatoms. The van der Waals surface area contributed by atoms with Gasteiger partial charge in [-0.05, 0) is 23.8 Å². The van der Waals surface area contributed by atoms with Crippen LogP contribution < -0.4 is 0 Å². The van der Waals surface area contributed by atoms with E-state index in [0.717, 1.165) is 27.5 Å². The Hall–Kier alpha value is -2.00. The van der Waals surface area contributed by atoms with Gasteiger partial charge in [-0.15, -0.1) is 11.3 Å². The lowest BCUT2D eigenvalue weighted by molar-refractivity contribution is 0.112. The Morgan fingerprint density at radius 2 is 1.72 bits per heavy atom. The van der Waals surface area contributed by atoms with Crippen molar-refractivity contribution in [3.05, 3.63) is 59.2 Å².